The fraction of sp³-hybridized carbons (Fsp3) is 0.393. The van der Waals surface area contributed by atoms with Gasteiger partial charge in [-0.15, -0.1) is 0 Å². The van der Waals surface area contributed by atoms with Gasteiger partial charge in [-0.1, -0.05) is 30.3 Å². The van der Waals surface area contributed by atoms with Gasteiger partial charge in [0.2, 0.25) is 5.54 Å². The third-order valence-corrected chi connectivity index (χ3v) is 9.42. The lowest BCUT2D eigenvalue weighted by Gasteiger charge is -2.29. The maximum atomic E-state index is 13.9. The molecule has 41 heavy (non-hydrogen) atoms. The zero-order valence-electron chi connectivity index (χ0n) is 22.7. The Hall–Kier alpha value is -4.10. The molecule has 0 radical (unpaired) electrons. The lowest BCUT2D eigenvalue weighted by molar-refractivity contribution is -0.165. The summed E-state index contributed by atoms with van der Waals surface area (Å²) in [6.07, 6.45) is -1.07. The number of nitrogens with zero attached hydrogens (tertiary/aromatic N) is 1. The van der Waals surface area contributed by atoms with E-state index in [2.05, 4.69) is 5.32 Å². The number of nitrogens with one attached hydrogen (secondary N) is 1. The molecule has 2 amide bonds. The number of hydrogen-bond donors (Lipinski definition) is 1. The summed E-state index contributed by atoms with van der Waals surface area (Å²) in [6.45, 7) is 2.83. The largest absolute Gasteiger partial charge is 0.467 e. The van der Waals surface area contributed by atoms with E-state index < -0.39 is 75.3 Å². The van der Waals surface area contributed by atoms with Crippen molar-refractivity contribution < 1.29 is 46.6 Å². The summed E-state index contributed by atoms with van der Waals surface area (Å²) in [7, 11) is -3.19. The first kappa shape index (κ1) is 29.9. The minimum absolute atomic E-state index is 0.0756. The molecular weight excluding hydrogens is 556 g/mol. The maximum Gasteiger partial charge on any atom is 0.338 e. The van der Waals surface area contributed by atoms with E-state index in [0.717, 1.165) is 12.0 Å². The van der Waals surface area contributed by atoms with Gasteiger partial charge in [-0.25, -0.2) is 22.8 Å². The SMILES string of the molecule is CCOC(=O)C1(C(=O)OCC)CC(S(=O)(=O)c2ccccc2)C(CC(C(=O)OC)N2C(=O)c3ccccc3C2=O)N1. The topological polar surface area (TPSA) is 162 Å². The van der Waals surface area contributed by atoms with Gasteiger partial charge in [-0.05, 0) is 44.5 Å². The third-order valence-electron chi connectivity index (χ3n) is 7.19. The van der Waals surface area contributed by atoms with Crippen molar-refractivity contribution in [1.29, 1.82) is 0 Å². The summed E-state index contributed by atoms with van der Waals surface area (Å²) < 4.78 is 43.1. The second-order valence-corrected chi connectivity index (χ2v) is 11.7. The summed E-state index contributed by atoms with van der Waals surface area (Å²) in [5.74, 6) is -4.61. The molecule has 1 N–H and O–H groups in total. The Morgan fingerprint density at radius 1 is 0.927 bits per heavy atom. The monoisotopic (exact) mass is 586 g/mol. The van der Waals surface area contributed by atoms with Crippen molar-refractivity contribution in [3.05, 3.63) is 65.7 Å². The number of ether oxygens (including phenoxy) is 3. The molecule has 0 bridgehead atoms. The van der Waals surface area contributed by atoms with Crippen LogP contribution in [-0.2, 0) is 38.4 Å². The number of sulfone groups is 1. The van der Waals surface area contributed by atoms with E-state index in [1.807, 2.05) is 0 Å². The fourth-order valence-electron chi connectivity index (χ4n) is 5.29. The molecule has 4 rings (SSSR count). The average Bonchev–Trinajstić information content (AvgIpc) is 3.49. The lowest BCUT2D eigenvalue weighted by Crippen LogP contribution is -2.58. The molecular formula is C28H30N2O10S. The molecule has 2 aliphatic rings. The number of imide groups is 1. The van der Waals surface area contributed by atoms with Crippen LogP contribution < -0.4 is 5.32 Å². The van der Waals surface area contributed by atoms with E-state index in [1.165, 1.54) is 50.2 Å². The van der Waals surface area contributed by atoms with Gasteiger partial charge in [0, 0.05) is 12.5 Å². The predicted molar refractivity (Wildman–Crippen MR) is 142 cm³/mol. The molecule has 2 aromatic carbocycles. The Morgan fingerprint density at radius 2 is 1.44 bits per heavy atom. The molecule has 3 atom stereocenters. The van der Waals surface area contributed by atoms with E-state index in [1.54, 1.807) is 18.2 Å². The fourth-order valence-corrected chi connectivity index (χ4v) is 7.25. The zero-order chi connectivity index (χ0) is 29.9. The number of carbonyl (C=O) groups is 5. The van der Waals surface area contributed by atoms with Crippen LogP contribution in [0.2, 0.25) is 0 Å². The lowest BCUT2D eigenvalue weighted by atomic mass is 9.97. The Labute approximate surface area is 236 Å². The van der Waals surface area contributed by atoms with Gasteiger partial charge in [0.05, 0.1) is 41.6 Å². The molecule has 0 aliphatic carbocycles. The molecule has 2 heterocycles. The molecule has 12 nitrogen and oxygen atoms in total. The van der Waals surface area contributed by atoms with Crippen LogP contribution in [0, 0.1) is 0 Å². The van der Waals surface area contributed by atoms with Gasteiger partial charge in [0.15, 0.2) is 9.84 Å². The van der Waals surface area contributed by atoms with E-state index in [0.29, 0.717) is 0 Å². The molecule has 2 aliphatic heterocycles. The van der Waals surface area contributed by atoms with Crippen molar-refractivity contribution in [2.75, 3.05) is 20.3 Å². The molecule has 2 aromatic rings. The molecule has 0 spiro atoms. The molecule has 1 saturated heterocycles. The Bertz CT molecular complexity index is 1420. The van der Waals surface area contributed by atoms with E-state index in [-0.39, 0.29) is 29.2 Å². The Balaban J connectivity index is 1.81. The normalized spacial score (nSPS) is 20.3. The van der Waals surface area contributed by atoms with Crippen LogP contribution in [0.4, 0.5) is 0 Å². The molecule has 218 valence electrons. The number of hydrogen-bond acceptors (Lipinski definition) is 11. The van der Waals surface area contributed by atoms with Crippen LogP contribution in [0.5, 0.6) is 0 Å². The highest BCUT2D eigenvalue weighted by molar-refractivity contribution is 7.92. The minimum atomic E-state index is -4.26. The summed E-state index contributed by atoms with van der Waals surface area (Å²) >= 11 is 0. The molecule has 0 saturated carbocycles. The second kappa shape index (κ2) is 11.8. The van der Waals surface area contributed by atoms with Crippen molar-refractivity contribution in [1.82, 2.24) is 10.2 Å². The van der Waals surface area contributed by atoms with Gasteiger partial charge in [-0.2, -0.15) is 0 Å². The maximum absolute atomic E-state index is 13.9. The summed E-state index contributed by atoms with van der Waals surface area (Å²) in [5.41, 5.74) is -2.08. The predicted octanol–water partition coefficient (Wildman–Crippen LogP) is 1.28. The van der Waals surface area contributed by atoms with Gasteiger partial charge in [-0.3, -0.25) is 19.8 Å². The average molecular weight is 587 g/mol. The second-order valence-electron chi connectivity index (χ2n) is 9.50. The molecule has 0 aromatic heterocycles. The highest BCUT2D eigenvalue weighted by Gasteiger charge is 2.61. The standard InChI is InChI=1S/C28H30N2O10S/c1-4-39-26(34)28(27(35)40-5-2)16-22(41(36,37)17-11-7-6-8-12-17)20(29-28)15-21(25(33)38-3)30-23(31)18-13-9-10-14-19(18)24(30)32/h6-14,20-22,29H,4-5,15-16H2,1-3H3. The van der Waals surface area contributed by atoms with Crippen LogP contribution in [-0.4, -0.2) is 86.2 Å². The number of esters is 3. The van der Waals surface area contributed by atoms with Crippen LogP contribution in [0.3, 0.4) is 0 Å². The third kappa shape index (κ3) is 5.22. The first-order chi connectivity index (χ1) is 19.5. The van der Waals surface area contributed by atoms with Gasteiger partial charge in [0.1, 0.15) is 6.04 Å². The van der Waals surface area contributed by atoms with E-state index in [4.69, 9.17) is 14.2 Å². The van der Waals surface area contributed by atoms with Gasteiger partial charge >= 0.3 is 17.9 Å². The Kier molecular flexibility index (Phi) is 8.59. The van der Waals surface area contributed by atoms with Crippen molar-refractivity contribution in [3.63, 3.8) is 0 Å². The minimum Gasteiger partial charge on any atom is -0.467 e. The number of carbonyl (C=O) groups excluding carboxylic acids is 5. The first-order valence-corrected chi connectivity index (χ1v) is 14.5. The van der Waals surface area contributed by atoms with Crippen molar-refractivity contribution in [3.8, 4) is 0 Å². The van der Waals surface area contributed by atoms with Crippen molar-refractivity contribution in [2.24, 2.45) is 0 Å². The van der Waals surface area contributed by atoms with Crippen LogP contribution in [0.25, 0.3) is 0 Å². The van der Waals surface area contributed by atoms with Gasteiger partial charge in [0.25, 0.3) is 11.8 Å². The van der Waals surface area contributed by atoms with E-state index in [9.17, 15) is 32.4 Å². The molecule has 3 unspecified atom stereocenters. The van der Waals surface area contributed by atoms with Crippen LogP contribution in [0.1, 0.15) is 47.4 Å². The number of rotatable bonds is 10. The first-order valence-electron chi connectivity index (χ1n) is 13.0. The van der Waals surface area contributed by atoms with Crippen molar-refractivity contribution >= 4 is 39.6 Å². The highest BCUT2D eigenvalue weighted by Crippen LogP contribution is 2.37. The smallest absolute Gasteiger partial charge is 0.338 e. The number of benzene rings is 2. The van der Waals surface area contributed by atoms with Crippen LogP contribution in [0.15, 0.2) is 59.5 Å². The number of fused-ring (bicyclic) bond motifs is 1. The summed E-state index contributed by atoms with van der Waals surface area (Å²) in [4.78, 5) is 66.7. The zero-order valence-corrected chi connectivity index (χ0v) is 23.5. The van der Waals surface area contributed by atoms with Gasteiger partial charge < -0.3 is 14.2 Å². The number of methoxy groups -OCH3 is 1. The van der Waals surface area contributed by atoms with Crippen LogP contribution >= 0.6 is 0 Å². The highest BCUT2D eigenvalue weighted by atomic mass is 32.2. The number of amides is 2. The van der Waals surface area contributed by atoms with E-state index >= 15 is 0 Å². The summed E-state index contributed by atoms with van der Waals surface area (Å²) in [6, 6.07) is 10.5. The molecule has 13 heteroatoms. The summed E-state index contributed by atoms with van der Waals surface area (Å²) in [5, 5.41) is 1.33. The molecule has 1 fully saturated rings. The Morgan fingerprint density at radius 3 is 1.93 bits per heavy atom. The van der Waals surface area contributed by atoms with Crippen molar-refractivity contribution in [2.45, 2.75) is 54.5 Å². The quantitative estimate of drug-likeness (QED) is 0.185.